The monoisotopic (exact) mass is 380 g/mol. The highest BCUT2D eigenvalue weighted by atomic mass is 32.2. The molecule has 4 rings (SSSR count). The summed E-state index contributed by atoms with van der Waals surface area (Å²) < 4.78 is 26.1. The number of benzene rings is 2. The van der Waals surface area contributed by atoms with Crippen LogP contribution in [0.25, 0.3) is 21.8 Å². The number of H-pyrrole nitrogens is 2. The molecule has 0 saturated heterocycles. The summed E-state index contributed by atoms with van der Waals surface area (Å²) in [5, 5.41) is 13.2. The van der Waals surface area contributed by atoms with E-state index >= 15 is 0 Å². The van der Waals surface area contributed by atoms with Crippen LogP contribution < -0.4 is 5.56 Å². The maximum absolute atomic E-state index is 12.8. The largest absolute Gasteiger partial charge is 0.361 e. The van der Waals surface area contributed by atoms with Gasteiger partial charge in [-0.3, -0.25) is 9.89 Å². The van der Waals surface area contributed by atoms with E-state index in [0.29, 0.717) is 22.0 Å². The third-order valence-electron chi connectivity index (χ3n) is 4.71. The molecule has 0 aliphatic carbocycles. The molecule has 136 valence electrons. The Bertz CT molecular complexity index is 1420. The molecule has 0 bridgehead atoms. The van der Waals surface area contributed by atoms with Gasteiger partial charge in [0.05, 0.1) is 34.0 Å². The first-order chi connectivity index (χ1) is 12.8. The van der Waals surface area contributed by atoms with Crippen molar-refractivity contribution in [2.75, 3.05) is 6.26 Å². The Morgan fingerprint density at radius 2 is 1.96 bits per heavy atom. The average Bonchev–Trinajstić information content (AvgIpc) is 3.22. The Morgan fingerprint density at radius 3 is 2.67 bits per heavy atom. The highest BCUT2D eigenvalue weighted by Gasteiger charge is 2.20. The van der Waals surface area contributed by atoms with E-state index in [-0.39, 0.29) is 17.0 Å². The van der Waals surface area contributed by atoms with Crippen molar-refractivity contribution in [2.24, 2.45) is 0 Å². The van der Waals surface area contributed by atoms with Crippen molar-refractivity contribution in [2.45, 2.75) is 18.4 Å². The van der Waals surface area contributed by atoms with E-state index in [4.69, 9.17) is 5.26 Å². The quantitative estimate of drug-likeness (QED) is 0.568. The number of fused-ring (bicyclic) bond motifs is 2. The minimum absolute atomic E-state index is 0.0758. The maximum Gasteiger partial charge on any atom is 0.274 e. The molecule has 2 N–H and O–H groups in total. The zero-order chi connectivity index (χ0) is 19.3. The summed E-state index contributed by atoms with van der Waals surface area (Å²) in [4.78, 5) is 16.1. The SMILES string of the molecule is Cc1cc(S(C)(=O)=O)c(Cn2[nH]c3ccc(C#N)cc3c2=O)c2cc[nH]c12. The van der Waals surface area contributed by atoms with Gasteiger partial charge in [-0.25, -0.2) is 13.1 Å². The Labute approximate surface area is 154 Å². The fourth-order valence-electron chi connectivity index (χ4n) is 3.43. The first-order valence-corrected chi connectivity index (χ1v) is 10.1. The number of sulfone groups is 1. The lowest BCUT2D eigenvalue weighted by molar-refractivity contribution is 0.598. The molecule has 0 spiro atoms. The van der Waals surface area contributed by atoms with E-state index in [2.05, 4.69) is 10.1 Å². The van der Waals surface area contributed by atoms with Crippen LogP contribution in [-0.2, 0) is 16.4 Å². The molecule has 0 radical (unpaired) electrons. The number of nitrogens with one attached hydrogen (secondary N) is 2. The predicted molar refractivity (Wildman–Crippen MR) is 103 cm³/mol. The van der Waals surface area contributed by atoms with Crippen LogP contribution in [0.15, 0.2) is 46.2 Å². The summed E-state index contributed by atoms with van der Waals surface area (Å²) in [5.41, 5.74) is 2.90. The molecule has 0 unspecified atom stereocenters. The van der Waals surface area contributed by atoms with Gasteiger partial charge in [-0.2, -0.15) is 5.26 Å². The zero-order valence-corrected chi connectivity index (χ0v) is 15.5. The maximum atomic E-state index is 12.8. The number of nitrogens with zero attached hydrogens (tertiary/aromatic N) is 2. The van der Waals surface area contributed by atoms with Crippen molar-refractivity contribution >= 4 is 31.6 Å². The molecule has 8 heteroatoms. The summed E-state index contributed by atoms with van der Waals surface area (Å²) in [7, 11) is -3.49. The molecule has 4 aromatic rings. The number of aromatic nitrogens is 3. The van der Waals surface area contributed by atoms with Crippen LogP contribution in [0.5, 0.6) is 0 Å². The lowest BCUT2D eigenvalue weighted by atomic mass is 10.1. The molecule has 0 saturated carbocycles. The average molecular weight is 380 g/mol. The van der Waals surface area contributed by atoms with Gasteiger partial charge in [0.15, 0.2) is 9.84 Å². The molecule has 27 heavy (non-hydrogen) atoms. The van der Waals surface area contributed by atoms with Gasteiger partial charge in [0.1, 0.15) is 0 Å². The van der Waals surface area contributed by atoms with Gasteiger partial charge >= 0.3 is 0 Å². The van der Waals surface area contributed by atoms with Crippen LogP contribution in [0.2, 0.25) is 0 Å². The van der Waals surface area contributed by atoms with Gasteiger partial charge in [-0.05, 0) is 42.8 Å². The Hall–Kier alpha value is -3.31. The number of hydrogen-bond donors (Lipinski definition) is 2. The molecule has 2 heterocycles. The van der Waals surface area contributed by atoms with Gasteiger partial charge < -0.3 is 4.98 Å². The van der Waals surface area contributed by atoms with Crippen LogP contribution in [0.4, 0.5) is 0 Å². The molecule has 0 fully saturated rings. The highest BCUT2D eigenvalue weighted by Crippen LogP contribution is 2.29. The van der Waals surface area contributed by atoms with Crippen LogP contribution in [-0.4, -0.2) is 29.4 Å². The molecular formula is C19H16N4O3S. The van der Waals surface area contributed by atoms with Crippen molar-refractivity contribution in [3.8, 4) is 6.07 Å². The van der Waals surface area contributed by atoms with E-state index < -0.39 is 9.84 Å². The third kappa shape index (κ3) is 2.73. The second-order valence-corrected chi connectivity index (χ2v) is 8.57. The molecule has 0 atom stereocenters. The molecule has 0 aliphatic rings. The summed E-state index contributed by atoms with van der Waals surface area (Å²) in [6.07, 6.45) is 2.91. The van der Waals surface area contributed by atoms with Gasteiger partial charge in [-0.15, -0.1) is 0 Å². The number of rotatable bonds is 3. The molecule has 2 aromatic heterocycles. The van der Waals surface area contributed by atoms with Gasteiger partial charge in [0.2, 0.25) is 0 Å². The number of nitriles is 1. The predicted octanol–water partition coefficient (Wildman–Crippen LogP) is 2.44. The van der Waals surface area contributed by atoms with E-state index in [1.165, 1.54) is 10.7 Å². The van der Waals surface area contributed by atoms with Crippen LogP contribution >= 0.6 is 0 Å². The third-order valence-corrected chi connectivity index (χ3v) is 5.87. The minimum atomic E-state index is -3.49. The number of aromatic amines is 2. The molecule has 0 amide bonds. The van der Waals surface area contributed by atoms with Crippen molar-refractivity contribution in [3.05, 3.63) is 63.6 Å². The first kappa shape index (κ1) is 17.1. The van der Waals surface area contributed by atoms with Gasteiger partial charge in [-0.1, -0.05) is 0 Å². The molecule has 2 aromatic carbocycles. The lowest BCUT2D eigenvalue weighted by Crippen LogP contribution is -2.19. The zero-order valence-electron chi connectivity index (χ0n) is 14.7. The Balaban J connectivity index is 1.97. The van der Waals surface area contributed by atoms with Crippen LogP contribution in [0.1, 0.15) is 16.7 Å². The molecule has 0 aliphatic heterocycles. The summed E-state index contributed by atoms with van der Waals surface area (Å²) in [6, 6.07) is 10.3. The van der Waals surface area contributed by atoms with Crippen molar-refractivity contribution < 1.29 is 8.42 Å². The van der Waals surface area contributed by atoms with E-state index in [1.54, 1.807) is 24.4 Å². The summed E-state index contributed by atoms with van der Waals surface area (Å²) in [6.45, 7) is 1.92. The van der Waals surface area contributed by atoms with Gasteiger partial charge in [0.25, 0.3) is 5.56 Å². The van der Waals surface area contributed by atoms with Crippen LogP contribution in [0.3, 0.4) is 0 Å². The standard InChI is InChI=1S/C19H16N4O3S/c1-11-7-17(27(2,25)26)15(13-5-6-21-18(11)13)10-23-19(24)14-8-12(9-20)3-4-16(14)22-23/h3-8,21-22H,10H2,1-2H3. The van der Waals surface area contributed by atoms with E-state index in [1.807, 2.05) is 19.1 Å². The number of hydrogen-bond acceptors (Lipinski definition) is 4. The normalized spacial score (nSPS) is 11.9. The summed E-state index contributed by atoms with van der Waals surface area (Å²) >= 11 is 0. The minimum Gasteiger partial charge on any atom is -0.361 e. The van der Waals surface area contributed by atoms with E-state index in [0.717, 1.165) is 22.7 Å². The smallest absolute Gasteiger partial charge is 0.274 e. The fraction of sp³-hybridized carbons (Fsp3) is 0.158. The van der Waals surface area contributed by atoms with E-state index in [9.17, 15) is 13.2 Å². The lowest BCUT2D eigenvalue weighted by Gasteiger charge is -2.12. The van der Waals surface area contributed by atoms with Crippen molar-refractivity contribution in [1.82, 2.24) is 14.8 Å². The highest BCUT2D eigenvalue weighted by molar-refractivity contribution is 7.90. The van der Waals surface area contributed by atoms with Crippen molar-refractivity contribution in [1.29, 1.82) is 5.26 Å². The summed E-state index contributed by atoms with van der Waals surface area (Å²) in [5.74, 6) is 0. The molecule has 7 nitrogen and oxygen atoms in total. The first-order valence-electron chi connectivity index (χ1n) is 8.22. The molecular weight excluding hydrogens is 364 g/mol. The Kier molecular flexibility index (Phi) is 3.71. The fourth-order valence-corrected chi connectivity index (χ4v) is 4.44. The second-order valence-electron chi connectivity index (χ2n) is 6.58. The second kappa shape index (κ2) is 5.86. The number of aryl methyl sites for hydroxylation is 1. The van der Waals surface area contributed by atoms with Crippen molar-refractivity contribution in [3.63, 3.8) is 0 Å². The Morgan fingerprint density at radius 1 is 1.19 bits per heavy atom. The topological polar surface area (TPSA) is 112 Å². The van der Waals surface area contributed by atoms with Crippen LogP contribution in [0, 0.1) is 18.3 Å². The van der Waals surface area contributed by atoms with Gasteiger partial charge in [0, 0.05) is 28.9 Å².